The van der Waals surface area contributed by atoms with Crippen molar-refractivity contribution in [2.24, 2.45) is 0 Å². The van der Waals surface area contributed by atoms with Crippen molar-refractivity contribution >= 4 is 14.1 Å². The summed E-state index contributed by atoms with van der Waals surface area (Å²) in [5.41, 5.74) is 2.08. The Hall–Kier alpha value is -0.913. The highest BCUT2D eigenvalue weighted by Crippen LogP contribution is 2.43. The van der Waals surface area contributed by atoms with Crippen LogP contribution in [-0.4, -0.2) is 44.8 Å². The van der Waals surface area contributed by atoms with Gasteiger partial charge in [-0.15, -0.1) is 0 Å². The summed E-state index contributed by atoms with van der Waals surface area (Å²) in [5.74, 6) is 0.223. The zero-order valence-electron chi connectivity index (χ0n) is 13.9. The van der Waals surface area contributed by atoms with Crippen LogP contribution >= 0.6 is 0 Å². The minimum Gasteiger partial charge on any atom is -0.373 e. The van der Waals surface area contributed by atoms with Gasteiger partial charge in [0, 0.05) is 0 Å². The number of hydrogen-bond donors (Lipinski definition) is 0. The number of hydrogen-bond acceptors (Lipinski definition) is 3. The van der Waals surface area contributed by atoms with Gasteiger partial charge < -0.3 is 14.0 Å². The van der Waals surface area contributed by atoms with Crippen molar-refractivity contribution in [3.05, 3.63) is 23.8 Å². The molecule has 4 nitrogen and oxygen atoms in total. The van der Waals surface area contributed by atoms with Crippen molar-refractivity contribution in [2.75, 3.05) is 19.8 Å². The molecule has 1 atom stereocenters. The fourth-order valence-electron chi connectivity index (χ4n) is 2.48. The molecule has 1 saturated heterocycles. The van der Waals surface area contributed by atoms with Crippen LogP contribution in [0.4, 0.5) is 0 Å². The average Bonchev–Trinajstić information content (AvgIpc) is 2.85. The first-order valence-corrected chi connectivity index (χ1v) is 10.5. The normalized spacial score (nSPS) is 23.1. The van der Waals surface area contributed by atoms with Crippen molar-refractivity contribution in [1.29, 1.82) is 0 Å². The standard InChI is InChI=1S/C16H27NO3Si/c1-12(13-7-8-19-11-13)10-20-15-9-14(18)17(15)21(5,6)16(2,3)4/h7,15H,1,8-11H2,2-6H3. The van der Waals surface area contributed by atoms with Crippen LogP contribution in [0.1, 0.15) is 27.2 Å². The van der Waals surface area contributed by atoms with Crippen LogP contribution in [0.5, 0.6) is 0 Å². The topological polar surface area (TPSA) is 38.8 Å². The van der Waals surface area contributed by atoms with Gasteiger partial charge in [-0.05, 0) is 16.2 Å². The van der Waals surface area contributed by atoms with E-state index in [1.54, 1.807) is 0 Å². The van der Waals surface area contributed by atoms with Gasteiger partial charge in [0.25, 0.3) is 0 Å². The average molecular weight is 309 g/mol. The maximum absolute atomic E-state index is 12.1. The van der Waals surface area contributed by atoms with E-state index in [-0.39, 0.29) is 17.2 Å². The molecule has 0 aromatic rings. The lowest BCUT2D eigenvalue weighted by Crippen LogP contribution is -2.68. The molecule has 1 fully saturated rings. The molecule has 0 saturated carbocycles. The molecular formula is C16H27NO3Si. The third kappa shape index (κ3) is 3.15. The summed E-state index contributed by atoms with van der Waals surface area (Å²) in [4.78, 5) is 12.1. The molecule has 2 aliphatic rings. The van der Waals surface area contributed by atoms with E-state index >= 15 is 0 Å². The SMILES string of the molecule is C=C(COC1CC(=O)N1[Si](C)(C)C(C)(C)C)C1=CCOC1. The second-order valence-corrected chi connectivity index (χ2v) is 12.5. The molecule has 1 amide bonds. The molecule has 0 radical (unpaired) electrons. The molecule has 5 heteroatoms. The third-order valence-corrected chi connectivity index (χ3v) is 10.4. The van der Waals surface area contributed by atoms with E-state index in [2.05, 4.69) is 40.4 Å². The molecule has 2 heterocycles. The number of rotatable bonds is 5. The van der Waals surface area contributed by atoms with Gasteiger partial charge in [0.2, 0.25) is 5.91 Å². The van der Waals surface area contributed by atoms with Gasteiger partial charge in [0.15, 0.2) is 8.24 Å². The summed E-state index contributed by atoms with van der Waals surface area (Å²) in [6.07, 6.45) is 2.46. The molecule has 2 aliphatic heterocycles. The highest BCUT2D eigenvalue weighted by Gasteiger charge is 2.52. The van der Waals surface area contributed by atoms with Crippen LogP contribution in [0.25, 0.3) is 0 Å². The van der Waals surface area contributed by atoms with Crippen LogP contribution in [-0.2, 0) is 14.3 Å². The predicted octanol–water partition coefficient (Wildman–Crippen LogP) is 3.08. The quantitative estimate of drug-likeness (QED) is 0.579. The highest BCUT2D eigenvalue weighted by molar-refractivity contribution is 6.79. The van der Waals surface area contributed by atoms with Gasteiger partial charge in [0.1, 0.15) is 6.23 Å². The van der Waals surface area contributed by atoms with Crippen molar-refractivity contribution in [2.45, 2.75) is 51.6 Å². The molecule has 0 aliphatic carbocycles. The summed E-state index contributed by atoms with van der Waals surface area (Å²) >= 11 is 0. The monoisotopic (exact) mass is 309 g/mol. The minimum absolute atomic E-state index is 0.0851. The second kappa shape index (κ2) is 5.70. The van der Waals surface area contributed by atoms with E-state index in [0.717, 1.165) is 11.1 Å². The van der Waals surface area contributed by atoms with E-state index in [4.69, 9.17) is 9.47 Å². The Kier molecular flexibility index (Phi) is 4.47. The van der Waals surface area contributed by atoms with E-state index in [0.29, 0.717) is 26.2 Å². The van der Waals surface area contributed by atoms with Crippen LogP contribution in [0.2, 0.25) is 18.1 Å². The minimum atomic E-state index is -1.86. The summed E-state index contributed by atoms with van der Waals surface area (Å²) in [6.45, 7) is 16.9. The smallest absolute Gasteiger partial charge is 0.221 e. The van der Waals surface area contributed by atoms with Crippen molar-refractivity contribution < 1.29 is 14.3 Å². The number of carbonyl (C=O) groups excluding carboxylic acids is 1. The third-order valence-electron chi connectivity index (χ3n) is 4.95. The Morgan fingerprint density at radius 2 is 2.19 bits per heavy atom. The number of ether oxygens (including phenoxy) is 2. The molecule has 118 valence electrons. The van der Waals surface area contributed by atoms with E-state index in [1.807, 2.05) is 10.6 Å². The van der Waals surface area contributed by atoms with Gasteiger partial charge in [-0.1, -0.05) is 46.5 Å². The van der Waals surface area contributed by atoms with E-state index in [1.165, 1.54) is 0 Å². The molecule has 1 unspecified atom stereocenters. The molecule has 0 aromatic carbocycles. The number of carbonyl (C=O) groups is 1. The summed E-state index contributed by atoms with van der Waals surface area (Å²) in [6, 6.07) is 0. The Bertz CT molecular complexity index is 476. The van der Waals surface area contributed by atoms with Crippen LogP contribution in [0, 0.1) is 0 Å². The fraction of sp³-hybridized carbons (Fsp3) is 0.688. The zero-order valence-corrected chi connectivity index (χ0v) is 14.9. The van der Waals surface area contributed by atoms with E-state index < -0.39 is 8.24 Å². The van der Waals surface area contributed by atoms with Gasteiger partial charge in [0.05, 0.1) is 26.2 Å². The van der Waals surface area contributed by atoms with E-state index in [9.17, 15) is 4.79 Å². The number of amides is 1. The summed E-state index contributed by atoms with van der Waals surface area (Å²) in [5, 5.41) is 0.128. The van der Waals surface area contributed by atoms with Gasteiger partial charge >= 0.3 is 0 Å². The molecule has 0 spiro atoms. The molecule has 0 N–H and O–H groups in total. The highest BCUT2D eigenvalue weighted by atomic mass is 28.3. The molecular weight excluding hydrogens is 282 g/mol. The fourth-order valence-corrected chi connectivity index (χ4v) is 4.80. The van der Waals surface area contributed by atoms with Crippen LogP contribution in [0.3, 0.4) is 0 Å². The Morgan fingerprint density at radius 1 is 1.52 bits per heavy atom. The van der Waals surface area contributed by atoms with Gasteiger partial charge in [-0.25, -0.2) is 0 Å². The van der Waals surface area contributed by atoms with Crippen molar-refractivity contribution in [1.82, 2.24) is 4.57 Å². The first-order valence-electron chi connectivity index (χ1n) is 7.53. The number of nitrogens with zero attached hydrogens (tertiary/aromatic N) is 1. The van der Waals surface area contributed by atoms with Crippen molar-refractivity contribution in [3.8, 4) is 0 Å². The maximum Gasteiger partial charge on any atom is 0.221 e. The molecule has 0 aromatic heterocycles. The van der Waals surface area contributed by atoms with Gasteiger partial charge in [-0.2, -0.15) is 0 Å². The lowest BCUT2D eigenvalue weighted by molar-refractivity contribution is -0.159. The molecule has 0 bridgehead atoms. The maximum atomic E-state index is 12.1. The Balaban J connectivity index is 1.95. The molecule has 2 rings (SSSR count). The Morgan fingerprint density at radius 3 is 2.67 bits per heavy atom. The first-order chi connectivity index (χ1) is 9.64. The van der Waals surface area contributed by atoms with Gasteiger partial charge in [-0.3, -0.25) is 4.79 Å². The lowest BCUT2D eigenvalue weighted by Gasteiger charge is -2.54. The largest absolute Gasteiger partial charge is 0.373 e. The lowest BCUT2D eigenvalue weighted by atomic mass is 10.1. The number of β-lactam (4-membered cyclic amide) rings is 1. The predicted molar refractivity (Wildman–Crippen MR) is 86.4 cm³/mol. The second-order valence-electron chi connectivity index (χ2n) is 7.39. The van der Waals surface area contributed by atoms with Crippen molar-refractivity contribution in [3.63, 3.8) is 0 Å². The summed E-state index contributed by atoms with van der Waals surface area (Å²) in [7, 11) is -1.86. The summed E-state index contributed by atoms with van der Waals surface area (Å²) < 4.78 is 13.3. The van der Waals surface area contributed by atoms with Crippen LogP contribution < -0.4 is 0 Å². The first kappa shape index (κ1) is 16.5. The van der Waals surface area contributed by atoms with Crippen LogP contribution in [0.15, 0.2) is 23.8 Å². The molecule has 21 heavy (non-hydrogen) atoms. The zero-order chi connectivity index (χ0) is 15.8. The Labute approximate surface area is 128 Å².